The number of benzene rings is 10. The van der Waals surface area contributed by atoms with Gasteiger partial charge in [-0.25, -0.2) is 0 Å². The number of methoxy groups -OCH3 is 6. The fourth-order valence-electron chi connectivity index (χ4n) is 14.5. The van der Waals surface area contributed by atoms with E-state index in [9.17, 15) is 39.6 Å². The first-order valence-corrected chi connectivity index (χ1v) is 35.5. The topological polar surface area (TPSA) is 300 Å². The summed E-state index contributed by atoms with van der Waals surface area (Å²) in [6, 6.07) is 5.38. The van der Waals surface area contributed by atoms with Crippen molar-refractivity contribution in [2.75, 3.05) is 158 Å². The quantitative estimate of drug-likeness (QED) is 0.0121. The zero-order chi connectivity index (χ0) is 71.1. The fraction of sp³-hybridized carbons (Fsp3) is 0.421. The average molecular weight is 1410 g/mol. The molecule has 0 aliphatic heterocycles. The van der Waals surface area contributed by atoms with Crippen molar-refractivity contribution >= 4 is 122 Å². The number of thioether (sulfide) groups is 2. The normalized spacial score (nSPS) is 12.9. The summed E-state index contributed by atoms with van der Waals surface area (Å²) >= 11 is 3.49. The first-order valence-electron chi connectivity index (χ1n) is 33.2. The van der Waals surface area contributed by atoms with E-state index in [4.69, 9.17) is 67.1 Å². The van der Waals surface area contributed by atoms with Crippen molar-refractivity contribution in [1.82, 2.24) is 0 Å². The highest BCUT2D eigenvalue weighted by atomic mass is 32.2. The second-order valence-electron chi connectivity index (χ2n) is 24.4. The molecule has 12 rings (SSSR count). The molecule has 0 atom stereocenters. The van der Waals surface area contributed by atoms with Gasteiger partial charge in [0, 0.05) is 101 Å². The molecule has 10 aromatic carbocycles. The number of fused-ring (bicyclic) bond motifs is 2. The van der Waals surface area contributed by atoms with E-state index < -0.39 is 10.9 Å². The van der Waals surface area contributed by atoms with Crippen LogP contribution in [0.2, 0.25) is 0 Å². The Morgan fingerprint density at radius 2 is 0.670 bits per heavy atom. The van der Waals surface area contributed by atoms with Crippen LogP contribution in [0.25, 0.3) is 98.3 Å². The second-order valence-corrected chi connectivity index (χ2v) is 26.8. The molecule has 10 aromatic rings. The lowest BCUT2D eigenvalue weighted by atomic mass is 9.82. The molecule has 0 unspecified atom stereocenters. The SMILES string of the molecule is COc1c(O)c2c(=O)cc(OC)c3c4c(OC)cc(=O)c5c(O)c(CCCSCCOCCOCCOCCO)c6c(c(c1C=C(C)C6)c23)c54.COc1c(O)c2c(=O)cc(OC)c3c4c(OC)cc(=O)c5c(O)c(CCCSCCOCCOCCOCCO)c6c(c(c1CC(C)=C6)c23)c54. The van der Waals surface area contributed by atoms with E-state index in [1.54, 1.807) is 23.5 Å². The van der Waals surface area contributed by atoms with Crippen LogP contribution >= 0.6 is 23.5 Å². The van der Waals surface area contributed by atoms with Gasteiger partial charge in [0.2, 0.25) is 0 Å². The molecule has 0 bridgehead atoms. The van der Waals surface area contributed by atoms with E-state index >= 15 is 0 Å². The van der Waals surface area contributed by atoms with Crippen LogP contribution in [0.4, 0.5) is 0 Å². The molecule has 100 heavy (non-hydrogen) atoms. The maximum absolute atomic E-state index is 13.8. The van der Waals surface area contributed by atoms with Crippen LogP contribution in [0, 0.1) is 0 Å². The van der Waals surface area contributed by atoms with Crippen molar-refractivity contribution in [1.29, 1.82) is 0 Å². The van der Waals surface area contributed by atoms with E-state index in [1.165, 1.54) is 66.9 Å². The minimum absolute atomic E-state index is 0.00430. The molecular weight excluding hydrogens is 1330 g/mol. The molecule has 0 saturated heterocycles. The second kappa shape index (κ2) is 32.7. The van der Waals surface area contributed by atoms with Gasteiger partial charge in [-0.3, -0.25) is 19.2 Å². The van der Waals surface area contributed by atoms with Gasteiger partial charge in [-0.1, -0.05) is 23.3 Å². The smallest absolute Gasteiger partial charge is 0.194 e. The summed E-state index contributed by atoms with van der Waals surface area (Å²) in [5.74, 6) is 4.03. The average Bonchev–Trinajstić information content (AvgIpc) is 1.07. The van der Waals surface area contributed by atoms with Crippen LogP contribution in [0.3, 0.4) is 0 Å². The Labute approximate surface area is 584 Å². The number of aromatic hydroxyl groups is 4. The molecule has 2 aliphatic carbocycles. The third-order valence-corrected chi connectivity index (χ3v) is 20.5. The first-order chi connectivity index (χ1) is 48.6. The number of rotatable bonds is 36. The van der Waals surface area contributed by atoms with Crippen LogP contribution in [0.1, 0.15) is 60.1 Å². The van der Waals surface area contributed by atoms with Gasteiger partial charge in [0.25, 0.3) is 0 Å². The minimum atomic E-state index is -0.429. The van der Waals surface area contributed by atoms with Crippen LogP contribution in [0.15, 0.2) is 54.6 Å². The highest BCUT2D eigenvalue weighted by Gasteiger charge is 2.36. The Balaban J connectivity index is 0.000000202. The van der Waals surface area contributed by atoms with Crippen molar-refractivity contribution in [3.63, 3.8) is 0 Å². The molecule has 2 aliphatic rings. The van der Waals surface area contributed by atoms with Gasteiger partial charge in [0.1, 0.15) is 34.5 Å². The Bertz CT molecular complexity index is 4980. The van der Waals surface area contributed by atoms with E-state index in [-0.39, 0.29) is 103 Å². The van der Waals surface area contributed by atoms with Gasteiger partial charge in [-0.05, 0) is 96.7 Å². The standard InChI is InChI=1S/2C38H42O11S/c2*1-20-16-22-21(6-5-14-50-15-13-49-12-11-48-10-9-47-8-7-39)36(42)30-24(40)18-26(44-2)32-33-27(45-3)19-25(41)31-35(33)29(28(22)34(30)32)23(17-20)38(46-4)37(31)43/h17-19,39,42-43H,5-16H2,1-4H3;16,18-19,39,42-43H,5-15,17H2,1-4H3. The summed E-state index contributed by atoms with van der Waals surface area (Å²) < 4.78 is 67.2. The van der Waals surface area contributed by atoms with Gasteiger partial charge in [0.05, 0.1) is 157 Å². The Morgan fingerprint density at radius 1 is 0.340 bits per heavy atom. The summed E-state index contributed by atoms with van der Waals surface area (Å²) in [5.41, 5.74) is 4.55. The molecule has 0 fully saturated rings. The van der Waals surface area contributed by atoms with Gasteiger partial charge < -0.3 is 87.5 Å². The molecule has 0 amide bonds. The number of phenolic OH excluding ortho intramolecular Hbond substituents is 4. The predicted molar refractivity (Wildman–Crippen MR) is 394 cm³/mol. The van der Waals surface area contributed by atoms with Crippen LogP contribution < -0.4 is 50.1 Å². The minimum Gasteiger partial charge on any atom is -0.507 e. The van der Waals surface area contributed by atoms with Gasteiger partial charge in [-0.15, -0.1) is 0 Å². The number of aliphatic hydroxyl groups is 2. The highest BCUT2D eigenvalue weighted by molar-refractivity contribution is 7.99. The fourth-order valence-corrected chi connectivity index (χ4v) is 16.1. The largest absolute Gasteiger partial charge is 0.507 e. The van der Waals surface area contributed by atoms with E-state index in [0.29, 0.717) is 186 Å². The molecule has 532 valence electrons. The summed E-state index contributed by atoms with van der Waals surface area (Å²) in [6.45, 7) is 9.38. The number of phenols is 4. The van der Waals surface area contributed by atoms with Crippen LogP contribution in [-0.2, 0) is 54.1 Å². The van der Waals surface area contributed by atoms with E-state index in [0.717, 1.165) is 63.5 Å². The lowest BCUT2D eigenvalue weighted by molar-refractivity contribution is 0.0100. The number of ether oxygens (including phenoxy) is 12. The lowest BCUT2D eigenvalue weighted by Crippen LogP contribution is -2.11. The summed E-state index contributed by atoms with van der Waals surface area (Å²) in [7, 11) is 8.80. The van der Waals surface area contributed by atoms with Crippen molar-refractivity contribution < 1.29 is 87.5 Å². The van der Waals surface area contributed by atoms with Crippen LogP contribution in [0.5, 0.6) is 57.5 Å². The van der Waals surface area contributed by atoms with Gasteiger partial charge in [-0.2, -0.15) is 23.5 Å². The lowest BCUT2D eigenvalue weighted by Gasteiger charge is -2.24. The number of aliphatic hydroxyl groups excluding tert-OH is 2. The molecular formula is C76H84O22S2. The number of hydrogen-bond acceptors (Lipinski definition) is 24. The monoisotopic (exact) mass is 1410 g/mol. The van der Waals surface area contributed by atoms with E-state index in [2.05, 4.69) is 0 Å². The van der Waals surface area contributed by atoms with E-state index in [1.807, 2.05) is 26.0 Å². The Hall–Kier alpha value is -8.14. The Kier molecular flexibility index (Phi) is 23.9. The molecule has 0 aromatic heterocycles. The molecule has 0 radical (unpaired) electrons. The molecule has 0 saturated carbocycles. The van der Waals surface area contributed by atoms with Crippen molar-refractivity contribution in [2.24, 2.45) is 0 Å². The molecule has 22 nitrogen and oxygen atoms in total. The predicted octanol–water partition coefficient (Wildman–Crippen LogP) is 10.00. The maximum atomic E-state index is 13.8. The zero-order valence-corrected chi connectivity index (χ0v) is 59.1. The molecule has 6 N–H and O–H groups in total. The number of allylic oxidation sites excluding steroid dienone is 2. The summed E-state index contributed by atoms with van der Waals surface area (Å²) in [5, 5.41) is 71.9. The van der Waals surface area contributed by atoms with Gasteiger partial charge >= 0.3 is 0 Å². The third kappa shape index (κ3) is 13.7. The Morgan fingerprint density at radius 3 is 1.08 bits per heavy atom. The molecule has 24 heteroatoms. The van der Waals surface area contributed by atoms with Crippen molar-refractivity contribution in [3.05, 3.63) is 110 Å². The number of hydrogen-bond donors (Lipinski definition) is 6. The molecule has 0 heterocycles. The van der Waals surface area contributed by atoms with Crippen molar-refractivity contribution in [2.45, 2.75) is 52.4 Å². The van der Waals surface area contributed by atoms with Crippen LogP contribution in [-0.4, -0.2) is 189 Å². The maximum Gasteiger partial charge on any atom is 0.194 e. The van der Waals surface area contributed by atoms with Gasteiger partial charge in [0.15, 0.2) is 44.7 Å². The zero-order valence-electron chi connectivity index (χ0n) is 57.5. The summed E-state index contributed by atoms with van der Waals surface area (Å²) in [4.78, 5) is 55.0. The highest BCUT2D eigenvalue weighted by Crippen LogP contribution is 2.58. The van der Waals surface area contributed by atoms with Crippen molar-refractivity contribution in [3.8, 4) is 57.5 Å². The summed E-state index contributed by atoms with van der Waals surface area (Å²) in [6.07, 6.45) is 7.35. The third-order valence-electron chi connectivity index (χ3n) is 18.4. The first kappa shape index (κ1) is 73.1. The molecule has 0 spiro atoms.